The first-order valence-corrected chi connectivity index (χ1v) is 11.5. The lowest BCUT2D eigenvalue weighted by atomic mass is 10.1. The fraction of sp³-hybridized carbons (Fsp3) is 0.231. The molecule has 0 bridgehead atoms. The normalized spacial score (nSPS) is 13.5. The Morgan fingerprint density at radius 1 is 0.917 bits per heavy atom. The molecule has 4 heterocycles. The van der Waals surface area contributed by atoms with Gasteiger partial charge in [0.15, 0.2) is 11.5 Å². The second kappa shape index (κ2) is 8.11. The van der Waals surface area contributed by atoms with Gasteiger partial charge < -0.3 is 4.57 Å². The lowest BCUT2D eigenvalue weighted by molar-refractivity contribution is 0.585. The highest BCUT2D eigenvalue weighted by Gasteiger charge is 2.25. The quantitative estimate of drug-likeness (QED) is 0.371. The number of aryl methyl sites for hydroxylation is 3. The number of aromatic nitrogens is 7. The van der Waals surface area contributed by atoms with Crippen molar-refractivity contribution in [3.05, 3.63) is 76.2 Å². The lowest BCUT2D eigenvalue weighted by Gasteiger charge is -2.12. The number of halogens is 2. The summed E-state index contributed by atoms with van der Waals surface area (Å²) in [5.41, 5.74) is 3.68. The summed E-state index contributed by atoms with van der Waals surface area (Å²) < 4.78 is 31.8. The average Bonchev–Trinajstić information content (AvgIpc) is 3.58. The van der Waals surface area contributed by atoms with Crippen molar-refractivity contribution in [3.8, 4) is 33.8 Å². The van der Waals surface area contributed by atoms with Gasteiger partial charge in [0, 0.05) is 42.2 Å². The average molecular weight is 485 g/mol. The van der Waals surface area contributed by atoms with Crippen LogP contribution in [0.25, 0.3) is 44.9 Å². The fourth-order valence-electron chi connectivity index (χ4n) is 4.17. The maximum Gasteiger partial charge on any atom is 0.258 e. The number of nitrogens with zero attached hydrogens (tertiary/aromatic N) is 7. The van der Waals surface area contributed by atoms with Crippen molar-refractivity contribution in [2.45, 2.75) is 32.7 Å². The molecule has 1 aromatic carbocycles. The first-order valence-electron chi connectivity index (χ1n) is 11.5. The number of benzene rings is 1. The first-order chi connectivity index (χ1) is 17.3. The Bertz CT molecular complexity index is 1740. The van der Waals surface area contributed by atoms with Crippen LogP contribution >= 0.6 is 0 Å². The summed E-state index contributed by atoms with van der Waals surface area (Å²) in [6.45, 7) is 3.60. The van der Waals surface area contributed by atoms with Crippen LogP contribution in [-0.4, -0.2) is 34.3 Å². The highest BCUT2D eigenvalue weighted by atomic mass is 19.1. The zero-order chi connectivity index (χ0) is 25.1. The minimum absolute atomic E-state index is 0.0818. The van der Waals surface area contributed by atoms with E-state index in [-0.39, 0.29) is 28.3 Å². The molecule has 0 saturated heterocycles. The molecular formula is C26H21F2N7O. The van der Waals surface area contributed by atoms with Crippen LogP contribution in [0.3, 0.4) is 0 Å². The second-order valence-corrected chi connectivity index (χ2v) is 9.09. The van der Waals surface area contributed by atoms with Crippen molar-refractivity contribution < 1.29 is 8.78 Å². The van der Waals surface area contributed by atoms with Crippen molar-refractivity contribution in [3.63, 3.8) is 0 Å². The van der Waals surface area contributed by atoms with E-state index in [2.05, 4.69) is 25.0 Å². The third-order valence-electron chi connectivity index (χ3n) is 6.40. The van der Waals surface area contributed by atoms with Crippen LogP contribution in [0.5, 0.6) is 0 Å². The van der Waals surface area contributed by atoms with E-state index >= 15 is 0 Å². The number of hydrogen-bond donors (Lipinski definition) is 0. The summed E-state index contributed by atoms with van der Waals surface area (Å²) >= 11 is 0. The molecule has 36 heavy (non-hydrogen) atoms. The van der Waals surface area contributed by atoms with E-state index in [4.69, 9.17) is 0 Å². The molecule has 1 fully saturated rings. The second-order valence-electron chi connectivity index (χ2n) is 9.09. The highest BCUT2D eigenvalue weighted by molar-refractivity contribution is 5.89. The number of hydrogen-bond acceptors (Lipinski definition) is 6. The summed E-state index contributed by atoms with van der Waals surface area (Å²) in [5, 5.41) is 4.40. The summed E-state index contributed by atoms with van der Waals surface area (Å²) in [4.78, 5) is 31.3. The van der Waals surface area contributed by atoms with E-state index < -0.39 is 11.6 Å². The largest absolute Gasteiger partial charge is 0.317 e. The maximum absolute atomic E-state index is 14.8. The van der Waals surface area contributed by atoms with Gasteiger partial charge in [-0.1, -0.05) is 0 Å². The van der Waals surface area contributed by atoms with Gasteiger partial charge in [-0.3, -0.25) is 9.48 Å². The molecule has 6 rings (SSSR count). The molecule has 4 aromatic heterocycles. The third kappa shape index (κ3) is 3.74. The van der Waals surface area contributed by atoms with E-state index in [1.54, 1.807) is 32.4 Å². The molecule has 0 radical (unpaired) electrons. The summed E-state index contributed by atoms with van der Waals surface area (Å²) in [7, 11) is 1.65. The predicted molar refractivity (Wildman–Crippen MR) is 130 cm³/mol. The topological polar surface area (TPSA) is 91.4 Å². The molecule has 8 nitrogen and oxygen atoms in total. The van der Waals surface area contributed by atoms with Gasteiger partial charge in [0.25, 0.3) is 5.56 Å². The molecule has 0 amide bonds. The Balaban J connectivity index is 1.58. The molecule has 10 heteroatoms. The molecule has 0 unspecified atom stereocenters. The van der Waals surface area contributed by atoms with Gasteiger partial charge in [0.1, 0.15) is 22.8 Å². The van der Waals surface area contributed by atoms with Crippen LogP contribution < -0.4 is 5.56 Å². The first kappa shape index (κ1) is 22.1. The van der Waals surface area contributed by atoms with E-state index in [0.717, 1.165) is 18.9 Å². The zero-order valence-electron chi connectivity index (χ0n) is 19.8. The van der Waals surface area contributed by atoms with Crippen LogP contribution in [0, 0.1) is 25.5 Å². The maximum atomic E-state index is 14.8. The van der Waals surface area contributed by atoms with Crippen LogP contribution in [-0.2, 0) is 7.05 Å². The molecule has 1 saturated carbocycles. The number of pyridine rings is 1. The Hall–Kier alpha value is -4.34. The van der Waals surface area contributed by atoms with Crippen molar-refractivity contribution in [1.82, 2.24) is 34.3 Å². The van der Waals surface area contributed by atoms with Crippen LogP contribution in [0.4, 0.5) is 8.78 Å². The molecule has 1 aliphatic rings. The van der Waals surface area contributed by atoms with E-state index in [9.17, 15) is 13.6 Å². The van der Waals surface area contributed by atoms with Crippen molar-refractivity contribution >= 4 is 11.2 Å². The van der Waals surface area contributed by atoms with Gasteiger partial charge in [0.2, 0.25) is 0 Å². The van der Waals surface area contributed by atoms with Gasteiger partial charge in [0.05, 0.1) is 29.2 Å². The van der Waals surface area contributed by atoms with Crippen LogP contribution in [0.2, 0.25) is 0 Å². The van der Waals surface area contributed by atoms with Crippen LogP contribution in [0.15, 0.2) is 47.7 Å². The summed E-state index contributed by atoms with van der Waals surface area (Å²) in [5.74, 6) is -1.22. The molecule has 1 aliphatic carbocycles. The van der Waals surface area contributed by atoms with E-state index in [1.165, 1.54) is 16.7 Å². The Kier molecular flexibility index (Phi) is 4.99. The molecule has 0 spiro atoms. The molecule has 0 aliphatic heterocycles. The van der Waals surface area contributed by atoms with Gasteiger partial charge in [-0.05, 0) is 44.9 Å². The Morgan fingerprint density at radius 3 is 2.44 bits per heavy atom. The summed E-state index contributed by atoms with van der Waals surface area (Å²) in [6.07, 6.45) is 7.32. The Labute approximate surface area is 204 Å². The Morgan fingerprint density at radius 2 is 1.69 bits per heavy atom. The molecule has 0 atom stereocenters. The summed E-state index contributed by atoms with van der Waals surface area (Å²) in [6, 6.07) is 5.39. The van der Waals surface area contributed by atoms with Crippen molar-refractivity contribution in [1.29, 1.82) is 0 Å². The number of fused-ring (bicyclic) bond motifs is 1. The van der Waals surface area contributed by atoms with Gasteiger partial charge in [-0.15, -0.1) is 0 Å². The van der Waals surface area contributed by atoms with Crippen LogP contribution in [0.1, 0.15) is 30.3 Å². The van der Waals surface area contributed by atoms with Crippen molar-refractivity contribution in [2.24, 2.45) is 7.05 Å². The molecule has 5 aromatic rings. The van der Waals surface area contributed by atoms with Gasteiger partial charge in [-0.2, -0.15) is 5.10 Å². The lowest BCUT2D eigenvalue weighted by Crippen LogP contribution is -2.18. The third-order valence-corrected chi connectivity index (χ3v) is 6.40. The van der Waals surface area contributed by atoms with E-state index in [1.807, 2.05) is 17.8 Å². The highest BCUT2D eigenvalue weighted by Crippen LogP contribution is 2.35. The van der Waals surface area contributed by atoms with Gasteiger partial charge >= 0.3 is 0 Å². The minimum atomic E-state index is -0.769. The monoisotopic (exact) mass is 485 g/mol. The zero-order valence-corrected chi connectivity index (χ0v) is 19.8. The SMILES string of the molecule is Cc1nc2nc(-c3cc(-c4cnn(C5CC5)c4)c(=O)n(C)c3)nc(-c3ccc(F)cc3F)c2nc1C. The smallest absolute Gasteiger partial charge is 0.258 e. The van der Waals surface area contributed by atoms with E-state index in [0.29, 0.717) is 39.6 Å². The minimum Gasteiger partial charge on any atom is -0.317 e. The number of rotatable bonds is 4. The molecule has 180 valence electrons. The van der Waals surface area contributed by atoms with Crippen molar-refractivity contribution in [2.75, 3.05) is 0 Å². The molecular weight excluding hydrogens is 464 g/mol. The molecule has 0 N–H and O–H groups in total. The standard InChI is InChI=1S/C26H21F2N7O/c1-13-14(2)31-25-23(30-13)22(19-7-4-17(27)9-21(19)28)32-24(33-25)15-8-20(26(36)34(3)11-15)16-10-29-35(12-16)18-5-6-18/h4,7-12,18H,5-6H2,1-3H3. The predicted octanol–water partition coefficient (Wildman–Crippen LogP) is 4.55. The fourth-order valence-corrected chi connectivity index (χ4v) is 4.17. The van der Waals surface area contributed by atoms with Gasteiger partial charge in [-0.25, -0.2) is 28.7 Å².